The second-order valence-electron chi connectivity index (χ2n) is 16.2. The Kier molecular flexibility index (Phi) is 10.3. The van der Waals surface area contributed by atoms with Gasteiger partial charge in [0.15, 0.2) is 0 Å². The molecule has 11 aromatic carbocycles. The van der Waals surface area contributed by atoms with Crippen molar-refractivity contribution in [2.75, 3.05) is 9.80 Å². The molecular formula is C62H44N2. The number of hydrogen-bond donors (Lipinski definition) is 0. The molecule has 64 heavy (non-hydrogen) atoms. The molecular weight excluding hydrogens is 773 g/mol. The Labute approximate surface area is 375 Å². The van der Waals surface area contributed by atoms with Crippen LogP contribution in [0, 0.1) is 0 Å². The lowest BCUT2D eigenvalue weighted by Gasteiger charge is -2.26. The fourth-order valence-corrected chi connectivity index (χ4v) is 8.85. The first-order valence-corrected chi connectivity index (χ1v) is 21.9. The van der Waals surface area contributed by atoms with Gasteiger partial charge < -0.3 is 9.80 Å². The molecule has 0 amide bonds. The highest BCUT2D eigenvalue weighted by Gasteiger charge is 2.15. The van der Waals surface area contributed by atoms with E-state index in [9.17, 15) is 0 Å². The smallest absolute Gasteiger partial charge is 0.0462 e. The fraction of sp³-hybridized carbons (Fsp3) is 0. The maximum atomic E-state index is 2.32. The van der Waals surface area contributed by atoms with E-state index in [2.05, 4.69) is 277 Å². The van der Waals surface area contributed by atoms with Crippen LogP contribution in [-0.2, 0) is 0 Å². The average Bonchev–Trinajstić information content (AvgIpc) is 3.38. The first kappa shape index (κ1) is 38.5. The van der Waals surface area contributed by atoms with E-state index in [1.807, 2.05) is 0 Å². The van der Waals surface area contributed by atoms with Crippen LogP contribution < -0.4 is 9.80 Å². The summed E-state index contributed by atoms with van der Waals surface area (Å²) in [6, 6.07) is 96.1. The molecule has 0 radical (unpaired) electrons. The molecule has 0 aliphatic heterocycles. The van der Waals surface area contributed by atoms with Gasteiger partial charge in [-0.15, -0.1) is 0 Å². The lowest BCUT2D eigenvalue weighted by atomic mass is 9.99. The second-order valence-corrected chi connectivity index (χ2v) is 16.2. The summed E-state index contributed by atoms with van der Waals surface area (Å²) >= 11 is 0. The summed E-state index contributed by atoms with van der Waals surface area (Å²) in [4.78, 5) is 4.64. The van der Waals surface area contributed by atoms with Gasteiger partial charge in [0.25, 0.3) is 0 Å². The van der Waals surface area contributed by atoms with Crippen molar-refractivity contribution >= 4 is 55.7 Å². The third kappa shape index (κ3) is 7.81. The molecule has 11 aromatic rings. The van der Waals surface area contributed by atoms with Crippen molar-refractivity contribution in [1.82, 2.24) is 0 Å². The lowest BCUT2D eigenvalue weighted by Crippen LogP contribution is -2.09. The molecule has 0 spiro atoms. The van der Waals surface area contributed by atoms with E-state index in [1.54, 1.807) is 0 Å². The Morgan fingerprint density at radius 3 is 0.688 bits per heavy atom. The van der Waals surface area contributed by atoms with Crippen molar-refractivity contribution < 1.29 is 0 Å². The van der Waals surface area contributed by atoms with Crippen LogP contribution >= 0.6 is 0 Å². The van der Waals surface area contributed by atoms with Gasteiger partial charge in [-0.1, -0.05) is 182 Å². The zero-order valence-corrected chi connectivity index (χ0v) is 35.3. The Balaban J connectivity index is 0.822. The third-order valence-corrected chi connectivity index (χ3v) is 12.2. The van der Waals surface area contributed by atoms with Gasteiger partial charge in [-0.2, -0.15) is 0 Å². The molecule has 2 heteroatoms. The van der Waals surface area contributed by atoms with E-state index < -0.39 is 0 Å². The van der Waals surface area contributed by atoms with Crippen molar-refractivity contribution in [3.05, 3.63) is 267 Å². The van der Waals surface area contributed by atoms with Crippen LogP contribution in [0.3, 0.4) is 0 Å². The highest BCUT2D eigenvalue weighted by Crippen LogP contribution is 2.39. The van der Waals surface area contributed by atoms with Crippen molar-refractivity contribution in [3.63, 3.8) is 0 Å². The largest absolute Gasteiger partial charge is 0.311 e. The Hall–Kier alpha value is -8.46. The van der Waals surface area contributed by atoms with E-state index in [0.717, 1.165) is 34.1 Å². The van der Waals surface area contributed by atoms with E-state index in [1.165, 1.54) is 66.1 Å². The maximum absolute atomic E-state index is 2.32. The summed E-state index contributed by atoms with van der Waals surface area (Å²) in [6.07, 6.45) is 0. The molecule has 0 heterocycles. The molecule has 0 N–H and O–H groups in total. The van der Waals surface area contributed by atoms with Gasteiger partial charge in [0, 0.05) is 34.1 Å². The standard InChI is InChI=1S/C62H44N2/c1-3-15-57(16-4-1)63(61-39-31-51(32-40-61)55-25-23-45-11-7-9-13-53(45)43-55)59-35-27-49(28-36-59)47-19-21-48(22-20-47)50-29-37-60(38-30-50)64(58-17-5-2-6-18-58)62-41-33-52(34-42-62)56-26-24-46-12-8-10-14-54(46)44-56/h1-44H. The Morgan fingerprint density at radius 2 is 0.375 bits per heavy atom. The summed E-state index contributed by atoms with van der Waals surface area (Å²) < 4.78 is 0. The molecule has 0 atom stereocenters. The van der Waals surface area contributed by atoms with Crippen molar-refractivity contribution in [1.29, 1.82) is 0 Å². The van der Waals surface area contributed by atoms with Crippen LogP contribution in [0.4, 0.5) is 34.1 Å². The summed E-state index contributed by atoms with van der Waals surface area (Å²) in [5.74, 6) is 0. The number of hydrogen-bond acceptors (Lipinski definition) is 2. The molecule has 0 saturated heterocycles. The summed E-state index contributed by atoms with van der Waals surface area (Å²) in [5.41, 5.74) is 16.2. The van der Waals surface area contributed by atoms with Gasteiger partial charge in [0.05, 0.1) is 0 Å². The molecule has 0 aliphatic rings. The second kappa shape index (κ2) is 17.1. The van der Waals surface area contributed by atoms with Gasteiger partial charge in [-0.25, -0.2) is 0 Å². The zero-order valence-electron chi connectivity index (χ0n) is 35.3. The normalized spacial score (nSPS) is 11.1. The zero-order chi connectivity index (χ0) is 42.7. The van der Waals surface area contributed by atoms with Gasteiger partial charge >= 0.3 is 0 Å². The monoisotopic (exact) mass is 816 g/mol. The van der Waals surface area contributed by atoms with Gasteiger partial charge in [-0.3, -0.25) is 0 Å². The minimum absolute atomic E-state index is 1.11. The molecule has 0 aliphatic carbocycles. The Morgan fingerprint density at radius 1 is 0.156 bits per heavy atom. The fourth-order valence-electron chi connectivity index (χ4n) is 8.85. The summed E-state index contributed by atoms with van der Waals surface area (Å²) in [5, 5.41) is 5.01. The van der Waals surface area contributed by atoms with Crippen LogP contribution in [-0.4, -0.2) is 0 Å². The highest BCUT2D eigenvalue weighted by atomic mass is 15.1. The predicted octanol–water partition coefficient (Wildman–Crippen LogP) is 17.6. The van der Waals surface area contributed by atoms with E-state index in [-0.39, 0.29) is 0 Å². The van der Waals surface area contributed by atoms with Gasteiger partial charge in [-0.05, 0) is 151 Å². The summed E-state index contributed by atoms with van der Waals surface area (Å²) in [6.45, 7) is 0. The van der Waals surface area contributed by atoms with Crippen molar-refractivity contribution in [2.24, 2.45) is 0 Å². The first-order valence-electron chi connectivity index (χ1n) is 21.9. The molecule has 0 unspecified atom stereocenters. The van der Waals surface area contributed by atoms with Gasteiger partial charge in [0.2, 0.25) is 0 Å². The van der Waals surface area contributed by atoms with Crippen LogP contribution in [0.1, 0.15) is 0 Å². The molecule has 0 fully saturated rings. The minimum Gasteiger partial charge on any atom is -0.311 e. The third-order valence-electron chi connectivity index (χ3n) is 12.2. The topological polar surface area (TPSA) is 6.48 Å². The summed E-state index contributed by atoms with van der Waals surface area (Å²) in [7, 11) is 0. The SMILES string of the molecule is c1ccc(N(c2ccc(-c3ccc(-c4ccc(N(c5ccccc5)c5ccc(-c6ccc7ccccc7c6)cc5)cc4)cc3)cc2)c2ccc(-c3ccc4ccccc4c3)cc2)cc1. The van der Waals surface area contributed by atoms with Crippen LogP contribution in [0.15, 0.2) is 267 Å². The molecule has 0 bridgehead atoms. The minimum atomic E-state index is 1.11. The molecule has 0 aromatic heterocycles. The molecule has 0 saturated carbocycles. The number of anilines is 6. The van der Waals surface area contributed by atoms with Crippen molar-refractivity contribution in [2.45, 2.75) is 0 Å². The number of nitrogens with zero attached hydrogens (tertiary/aromatic N) is 2. The first-order chi connectivity index (χ1) is 31.7. The van der Waals surface area contributed by atoms with Gasteiger partial charge in [0.1, 0.15) is 0 Å². The lowest BCUT2D eigenvalue weighted by molar-refractivity contribution is 1.28. The molecule has 302 valence electrons. The number of benzene rings is 11. The van der Waals surface area contributed by atoms with Crippen molar-refractivity contribution in [3.8, 4) is 44.5 Å². The number of para-hydroxylation sites is 2. The number of fused-ring (bicyclic) bond motifs is 2. The molecule has 2 nitrogen and oxygen atoms in total. The molecule has 11 rings (SSSR count). The predicted molar refractivity (Wildman–Crippen MR) is 273 cm³/mol. The van der Waals surface area contributed by atoms with Crippen LogP contribution in [0.25, 0.3) is 66.1 Å². The van der Waals surface area contributed by atoms with Crippen LogP contribution in [0.5, 0.6) is 0 Å². The number of rotatable bonds is 10. The van der Waals surface area contributed by atoms with Crippen LogP contribution in [0.2, 0.25) is 0 Å². The quantitative estimate of drug-likeness (QED) is 0.136. The average molecular weight is 817 g/mol. The van der Waals surface area contributed by atoms with E-state index in [0.29, 0.717) is 0 Å². The van der Waals surface area contributed by atoms with E-state index in [4.69, 9.17) is 0 Å². The maximum Gasteiger partial charge on any atom is 0.0462 e. The van der Waals surface area contributed by atoms with E-state index >= 15 is 0 Å². The highest BCUT2D eigenvalue weighted by molar-refractivity contribution is 5.89. The Bertz CT molecular complexity index is 3090.